The molecule has 1 aliphatic rings. The number of anilines is 1. The highest BCUT2D eigenvalue weighted by atomic mass is 32.2. The molecule has 1 aliphatic heterocycles. The number of thiocarbonyl (C=S) groups is 1. The smallest absolute Gasteiger partial charge is 0.266 e. The van der Waals surface area contributed by atoms with Crippen molar-refractivity contribution >= 4 is 51.9 Å². The lowest BCUT2D eigenvalue weighted by molar-refractivity contribution is -0.122. The number of hydrogen-bond acceptors (Lipinski definition) is 6. The van der Waals surface area contributed by atoms with Gasteiger partial charge in [-0.1, -0.05) is 66.4 Å². The largest absolute Gasteiger partial charge is 0.497 e. The summed E-state index contributed by atoms with van der Waals surface area (Å²) in [6, 6.07) is 24.0. The molecule has 3 aromatic rings. The van der Waals surface area contributed by atoms with Crippen molar-refractivity contribution in [2.45, 2.75) is 6.54 Å². The van der Waals surface area contributed by atoms with Gasteiger partial charge in [0, 0.05) is 5.69 Å². The van der Waals surface area contributed by atoms with Crippen LogP contribution in [0.4, 0.5) is 5.69 Å². The van der Waals surface area contributed by atoms with Crippen LogP contribution in [0.5, 0.6) is 11.5 Å². The van der Waals surface area contributed by atoms with E-state index >= 15 is 0 Å². The lowest BCUT2D eigenvalue weighted by Crippen LogP contribution is -2.27. The maximum Gasteiger partial charge on any atom is 0.266 e. The third-order valence-corrected chi connectivity index (χ3v) is 6.33. The molecule has 1 saturated heterocycles. The Morgan fingerprint density at radius 3 is 2.53 bits per heavy atom. The fourth-order valence-corrected chi connectivity index (χ4v) is 4.52. The summed E-state index contributed by atoms with van der Waals surface area (Å²) in [5.41, 5.74) is 2.46. The minimum absolute atomic E-state index is 0.121. The van der Waals surface area contributed by atoms with Gasteiger partial charge in [-0.25, -0.2) is 0 Å². The number of benzene rings is 3. The Kier molecular flexibility index (Phi) is 7.61. The van der Waals surface area contributed by atoms with Gasteiger partial charge in [-0.05, 0) is 53.6 Å². The van der Waals surface area contributed by atoms with Crippen LogP contribution in [-0.2, 0) is 16.1 Å². The van der Waals surface area contributed by atoms with Crippen LogP contribution in [-0.4, -0.2) is 34.8 Å². The number of nitrogens with zero attached hydrogens (tertiary/aromatic N) is 1. The van der Waals surface area contributed by atoms with Gasteiger partial charge in [0.05, 0.1) is 18.6 Å². The third kappa shape index (κ3) is 6.03. The minimum Gasteiger partial charge on any atom is -0.497 e. The molecular weight excluding hydrogens is 468 g/mol. The zero-order chi connectivity index (χ0) is 23.9. The maximum atomic E-state index is 12.9. The van der Waals surface area contributed by atoms with E-state index < -0.39 is 0 Å². The number of hydrogen-bond donors (Lipinski definition) is 1. The molecule has 0 unspecified atom stereocenters. The van der Waals surface area contributed by atoms with Gasteiger partial charge in [0.25, 0.3) is 11.8 Å². The summed E-state index contributed by atoms with van der Waals surface area (Å²) in [5, 5.41) is 2.77. The molecule has 172 valence electrons. The monoisotopic (exact) mass is 490 g/mol. The Morgan fingerprint density at radius 2 is 1.79 bits per heavy atom. The highest BCUT2D eigenvalue weighted by molar-refractivity contribution is 8.26. The standard InChI is InChI=1S/C26H22N2O4S2/c1-31-21-12-10-20(11-13-21)27-24(29)17-32-22-9-5-8-19(14-22)15-23-25(30)28(26(33)34-23)16-18-6-3-2-4-7-18/h2-15H,16-17H2,1H3,(H,27,29)/b23-15-. The zero-order valence-corrected chi connectivity index (χ0v) is 20.0. The van der Waals surface area contributed by atoms with E-state index in [4.69, 9.17) is 21.7 Å². The predicted octanol–water partition coefficient (Wildman–Crippen LogP) is 5.11. The molecule has 1 heterocycles. The van der Waals surface area contributed by atoms with E-state index in [2.05, 4.69) is 5.32 Å². The third-order valence-electron chi connectivity index (χ3n) is 4.96. The molecule has 34 heavy (non-hydrogen) atoms. The summed E-state index contributed by atoms with van der Waals surface area (Å²) < 4.78 is 11.3. The van der Waals surface area contributed by atoms with Crippen molar-refractivity contribution in [3.05, 3.63) is 94.9 Å². The number of carbonyl (C=O) groups excluding carboxylic acids is 2. The van der Waals surface area contributed by atoms with Gasteiger partial charge in [-0.15, -0.1) is 0 Å². The van der Waals surface area contributed by atoms with Crippen LogP contribution in [0, 0.1) is 0 Å². The molecular formula is C26H22N2O4S2. The topological polar surface area (TPSA) is 67.9 Å². The molecule has 0 radical (unpaired) electrons. The zero-order valence-electron chi connectivity index (χ0n) is 18.4. The fourth-order valence-electron chi connectivity index (χ4n) is 3.27. The summed E-state index contributed by atoms with van der Waals surface area (Å²) in [6.45, 7) is 0.296. The first-order valence-electron chi connectivity index (χ1n) is 10.5. The summed E-state index contributed by atoms with van der Waals surface area (Å²) in [5.74, 6) is 0.836. The van der Waals surface area contributed by atoms with Gasteiger partial charge in [0.15, 0.2) is 6.61 Å². The van der Waals surface area contributed by atoms with E-state index in [1.165, 1.54) is 11.8 Å². The average Bonchev–Trinajstić information content (AvgIpc) is 3.11. The summed E-state index contributed by atoms with van der Waals surface area (Å²) >= 11 is 6.70. The molecule has 2 amide bonds. The first-order chi connectivity index (χ1) is 16.5. The fraction of sp³-hybridized carbons (Fsp3) is 0.115. The van der Waals surface area contributed by atoms with Crippen LogP contribution < -0.4 is 14.8 Å². The van der Waals surface area contributed by atoms with E-state index in [0.29, 0.717) is 33.0 Å². The second-order valence-corrected chi connectivity index (χ2v) is 9.07. The van der Waals surface area contributed by atoms with Crippen LogP contribution in [0.2, 0.25) is 0 Å². The number of carbonyl (C=O) groups is 2. The Balaban J connectivity index is 1.36. The molecule has 1 N–H and O–H groups in total. The van der Waals surface area contributed by atoms with Crippen LogP contribution in [0.1, 0.15) is 11.1 Å². The van der Waals surface area contributed by atoms with Crippen molar-refractivity contribution in [3.63, 3.8) is 0 Å². The van der Waals surface area contributed by atoms with Gasteiger partial charge in [-0.2, -0.15) is 0 Å². The molecule has 1 fully saturated rings. The van der Waals surface area contributed by atoms with Crippen molar-refractivity contribution in [1.29, 1.82) is 0 Å². The van der Waals surface area contributed by atoms with Crippen molar-refractivity contribution < 1.29 is 19.1 Å². The maximum absolute atomic E-state index is 12.9. The van der Waals surface area contributed by atoms with Gasteiger partial charge in [-0.3, -0.25) is 14.5 Å². The predicted molar refractivity (Wildman–Crippen MR) is 139 cm³/mol. The van der Waals surface area contributed by atoms with Crippen LogP contribution in [0.25, 0.3) is 6.08 Å². The van der Waals surface area contributed by atoms with Crippen molar-refractivity contribution in [3.8, 4) is 11.5 Å². The molecule has 8 heteroatoms. The molecule has 0 spiro atoms. The second-order valence-electron chi connectivity index (χ2n) is 7.39. The molecule has 0 bridgehead atoms. The lowest BCUT2D eigenvalue weighted by atomic mass is 10.2. The SMILES string of the molecule is COc1ccc(NC(=O)COc2cccc(/C=C3\SC(=S)N(Cc4ccccc4)C3=O)c2)cc1. The van der Waals surface area contributed by atoms with E-state index in [9.17, 15) is 9.59 Å². The first-order valence-corrected chi connectivity index (χ1v) is 11.7. The van der Waals surface area contributed by atoms with Gasteiger partial charge in [0.1, 0.15) is 15.8 Å². The average molecular weight is 491 g/mol. The quantitative estimate of drug-likeness (QED) is 0.349. The van der Waals surface area contributed by atoms with Gasteiger partial charge >= 0.3 is 0 Å². The molecule has 6 nitrogen and oxygen atoms in total. The molecule has 0 aromatic heterocycles. The molecule has 4 rings (SSSR count). The van der Waals surface area contributed by atoms with Crippen molar-refractivity contribution in [2.24, 2.45) is 0 Å². The molecule has 3 aromatic carbocycles. The number of nitrogens with one attached hydrogen (secondary N) is 1. The summed E-state index contributed by atoms with van der Waals surface area (Å²) in [4.78, 5) is 27.3. The Labute approximate surface area is 207 Å². The Morgan fingerprint density at radius 1 is 1.03 bits per heavy atom. The molecule has 0 atom stereocenters. The van der Waals surface area contributed by atoms with Crippen molar-refractivity contribution in [1.82, 2.24) is 4.90 Å². The van der Waals surface area contributed by atoms with Crippen LogP contribution in [0.15, 0.2) is 83.8 Å². The number of methoxy groups -OCH3 is 1. The van der Waals surface area contributed by atoms with Crippen LogP contribution in [0.3, 0.4) is 0 Å². The van der Waals surface area contributed by atoms with E-state index in [0.717, 1.165) is 11.1 Å². The van der Waals surface area contributed by atoms with E-state index in [1.807, 2.05) is 42.5 Å². The Hall–Kier alpha value is -3.62. The van der Waals surface area contributed by atoms with E-state index in [-0.39, 0.29) is 18.4 Å². The highest BCUT2D eigenvalue weighted by Crippen LogP contribution is 2.34. The van der Waals surface area contributed by atoms with E-state index in [1.54, 1.807) is 54.5 Å². The lowest BCUT2D eigenvalue weighted by Gasteiger charge is -2.14. The van der Waals surface area contributed by atoms with Gasteiger partial charge in [0.2, 0.25) is 0 Å². The summed E-state index contributed by atoms with van der Waals surface area (Å²) in [6.07, 6.45) is 1.79. The summed E-state index contributed by atoms with van der Waals surface area (Å²) in [7, 11) is 1.59. The minimum atomic E-state index is -0.280. The molecule has 0 saturated carbocycles. The van der Waals surface area contributed by atoms with Crippen LogP contribution >= 0.6 is 24.0 Å². The number of ether oxygens (including phenoxy) is 2. The van der Waals surface area contributed by atoms with Gasteiger partial charge < -0.3 is 14.8 Å². The second kappa shape index (κ2) is 11.0. The van der Waals surface area contributed by atoms with Crippen molar-refractivity contribution in [2.75, 3.05) is 19.0 Å². The number of amides is 2. The number of thioether (sulfide) groups is 1. The highest BCUT2D eigenvalue weighted by Gasteiger charge is 2.31. The Bertz CT molecular complexity index is 1230. The normalized spacial score (nSPS) is 14.4. The number of rotatable bonds is 8. The molecule has 0 aliphatic carbocycles. The first kappa shape index (κ1) is 23.5.